The molecule has 12 aromatic rings. The van der Waals surface area contributed by atoms with E-state index in [1.165, 1.54) is 56.0 Å². The van der Waals surface area contributed by atoms with E-state index in [0.717, 1.165) is 85.2 Å². The highest BCUT2D eigenvalue weighted by Crippen LogP contribution is 2.20. The van der Waals surface area contributed by atoms with Crippen molar-refractivity contribution >= 4 is 33.6 Å². The van der Waals surface area contributed by atoms with Crippen molar-refractivity contribution in [1.29, 1.82) is 0 Å². The van der Waals surface area contributed by atoms with Crippen LogP contribution < -0.4 is 0 Å². The number of aryl methyl sites for hydroxylation is 19. The fourth-order valence-electron chi connectivity index (χ4n) is 7.44. The first-order chi connectivity index (χ1) is 31.6. The van der Waals surface area contributed by atoms with Gasteiger partial charge in [-0.2, -0.15) is 44.7 Å². The maximum Gasteiger partial charge on any atom is 0.202 e. The summed E-state index contributed by atoms with van der Waals surface area (Å²) in [5, 5.41) is 54.4. The Morgan fingerprint density at radius 2 is 0.881 bits per heavy atom. The minimum Gasteiger partial charge on any atom is -0.297 e. The molecule has 0 bridgehead atoms. The fraction of sp³-hybridized carbons (Fsp3) is 0.432. The molecule has 23 heteroatoms. The quantitative estimate of drug-likeness (QED) is 0.0920. The van der Waals surface area contributed by atoms with Gasteiger partial charge in [-0.05, 0) is 148 Å². The summed E-state index contributed by atoms with van der Waals surface area (Å²) < 4.78 is 10.8. The van der Waals surface area contributed by atoms with E-state index >= 15 is 0 Å². The van der Waals surface area contributed by atoms with Crippen molar-refractivity contribution in [3.63, 3.8) is 0 Å². The third-order valence-corrected chi connectivity index (χ3v) is 12.6. The summed E-state index contributed by atoms with van der Waals surface area (Å²) in [6.07, 6.45) is 0. The van der Waals surface area contributed by atoms with Crippen molar-refractivity contribution in [1.82, 2.24) is 114 Å². The number of H-pyrrole nitrogens is 6. The van der Waals surface area contributed by atoms with Gasteiger partial charge in [0.1, 0.15) is 17.2 Å². The number of fused-ring (bicyclic) bond motifs is 6. The Balaban J connectivity index is 0.000000119. The molecule has 12 rings (SSSR count). The van der Waals surface area contributed by atoms with E-state index in [4.69, 9.17) is 0 Å². The zero-order chi connectivity index (χ0) is 48.9. The molecule has 0 unspecified atom stereocenters. The lowest BCUT2D eigenvalue weighted by Gasteiger charge is -1.89. The number of nitrogens with zero attached hydrogens (tertiary/aromatic N) is 17. The van der Waals surface area contributed by atoms with Crippen LogP contribution in [-0.2, 0) is 0 Å². The van der Waals surface area contributed by atoms with Gasteiger partial charge in [-0.3, -0.25) is 20.4 Å². The maximum absolute atomic E-state index is 4.46. The van der Waals surface area contributed by atoms with Gasteiger partial charge in [-0.15, -0.1) is 25.0 Å². The molecule has 0 aliphatic heterocycles. The molecule has 23 nitrogen and oxygen atoms in total. The molecular weight excluding hydrogens is 851 g/mol. The van der Waals surface area contributed by atoms with Crippen LogP contribution in [0.4, 0.5) is 0 Å². The SMILES string of the molecule is Cc1[nH]n2c(C)nnc2c1C.Cc1nc2c(C)c(C)[nH]n2c1C.Cc1nc2c(C)c(C)[nH]n2n1.Cc1nn2[nH]c(C)c(C)c2c1C.Cc1nn2[nH]nc(C)c2c1C.Cc1nn2[nH]nnc2c1C. The van der Waals surface area contributed by atoms with Gasteiger partial charge >= 0.3 is 0 Å². The van der Waals surface area contributed by atoms with E-state index in [-0.39, 0.29) is 0 Å². The third-order valence-electron chi connectivity index (χ3n) is 12.6. The number of hydrogen-bond acceptors (Lipinski definition) is 11. The van der Waals surface area contributed by atoms with Crippen LogP contribution in [-0.4, -0.2) is 114 Å². The number of nitrogens with one attached hydrogen (secondary N) is 6. The summed E-state index contributed by atoms with van der Waals surface area (Å²) in [5.41, 5.74) is 25.6. The van der Waals surface area contributed by atoms with Crippen molar-refractivity contribution < 1.29 is 0 Å². The summed E-state index contributed by atoms with van der Waals surface area (Å²) in [6.45, 7) is 38.5. The van der Waals surface area contributed by atoms with E-state index in [1.807, 2.05) is 96.7 Å². The number of aromatic amines is 6. The Bertz CT molecular complexity index is 3570. The van der Waals surface area contributed by atoms with Crippen LogP contribution in [0.15, 0.2) is 0 Å². The van der Waals surface area contributed by atoms with Gasteiger partial charge in [0, 0.05) is 50.6 Å². The van der Waals surface area contributed by atoms with E-state index in [9.17, 15) is 0 Å². The molecule has 0 aliphatic rings. The second kappa shape index (κ2) is 18.2. The molecule has 6 N–H and O–H groups in total. The summed E-state index contributed by atoms with van der Waals surface area (Å²) in [5.74, 6) is 1.70. The van der Waals surface area contributed by atoms with Crippen molar-refractivity contribution in [3.8, 4) is 0 Å². The van der Waals surface area contributed by atoms with Gasteiger partial charge in [0.05, 0.1) is 39.7 Å². The van der Waals surface area contributed by atoms with Crippen LogP contribution in [0.25, 0.3) is 33.6 Å². The Hall–Kier alpha value is -7.85. The van der Waals surface area contributed by atoms with Crippen LogP contribution >= 0.6 is 0 Å². The van der Waals surface area contributed by atoms with Crippen molar-refractivity contribution in [2.24, 2.45) is 0 Å². The highest BCUT2D eigenvalue weighted by atomic mass is 15.6. The summed E-state index contributed by atoms with van der Waals surface area (Å²) >= 11 is 0. The molecule has 0 saturated heterocycles. The Morgan fingerprint density at radius 1 is 0.343 bits per heavy atom. The molecule has 0 radical (unpaired) electrons. The summed E-state index contributed by atoms with van der Waals surface area (Å²) in [6, 6.07) is 0. The Kier molecular flexibility index (Phi) is 12.8. The van der Waals surface area contributed by atoms with Crippen LogP contribution in [0.2, 0.25) is 0 Å². The second-order valence-corrected chi connectivity index (χ2v) is 17.2. The second-order valence-electron chi connectivity index (χ2n) is 17.2. The lowest BCUT2D eigenvalue weighted by molar-refractivity contribution is 0.734. The first kappa shape index (κ1) is 47.1. The fourth-order valence-corrected chi connectivity index (χ4v) is 7.44. The minimum atomic E-state index is 0.803. The number of imidazole rings is 1. The van der Waals surface area contributed by atoms with Crippen LogP contribution in [0.1, 0.15) is 108 Å². The van der Waals surface area contributed by atoms with Gasteiger partial charge in [0.2, 0.25) is 5.65 Å². The van der Waals surface area contributed by atoms with E-state index in [2.05, 4.69) is 135 Å². The van der Waals surface area contributed by atoms with E-state index in [0.29, 0.717) is 0 Å². The predicted octanol–water partition coefficient (Wildman–Crippen LogP) is 6.81. The lowest BCUT2D eigenvalue weighted by atomic mass is 10.1. The van der Waals surface area contributed by atoms with Crippen LogP contribution in [0.3, 0.4) is 0 Å². The topological polar surface area (TPSA) is 263 Å². The van der Waals surface area contributed by atoms with Crippen molar-refractivity contribution in [2.45, 2.75) is 132 Å². The molecule has 12 heterocycles. The van der Waals surface area contributed by atoms with Gasteiger partial charge in [-0.25, -0.2) is 19.0 Å². The van der Waals surface area contributed by atoms with Crippen LogP contribution in [0, 0.1) is 132 Å². The molecule has 0 aromatic carbocycles. The lowest BCUT2D eigenvalue weighted by Crippen LogP contribution is -1.87. The summed E-state index contributed by atoms with van der Waals surface area (Å²) in [4.78, 5) is 8.72. The zero-order valence-electron chi connectivity index (χ0n) is 42.1. The monoisotopic (exact) mass is 914 g/mol. The molecule has 0 amide bonds. The normalized spacial score (nSPS) is 11.2. The first-order valence-corrected chi connectivity index (χ1v) is 22.0. The van der Waals surface area contributed by atoms with Gasteiger partial charge in [0.15, 0.2) is 16.9 Å². The molecule has 354 valence electrons. The zero-order valence-corrected chi connectivity index (χ0v) is 42.1. The average Bonchev–Trinajstić information content (AvgIpc) is 4.20. The number of hydrogen-bond donors (Lipinski definition) is 6. The third kappa shape index (κ3) is 8.82. The van der Waals surface area contributed by atoms with Crippen molar-refractivity contribution in [3.05, 3.63) is 108 Å². The number of aromatic nitrogens is 23. The van der Waals surface area contributed by atoms with Gasteiger partial charge < -0.3 is 0 Å². The van der Waals surface area contributed by atoms with Gasteiger partial charge in [0.25, 0.3) is 0 Å². The predicted molar refractivity (Wildman–Crippen MR) is 256 cm³/mol. The van der Waals surface area contributed by atoms with E-state index < -0.39 is 0 Å². The average molecular weight is 914 g/mol. The molecular formula is C44H63N23. The van der Waals surface area contributed by atoms with E-state index in [1.54, 1.807) is 13.9 Å². The molecule has 0 aliphatic carbocycles. The smallest absolute Gasteiger partial charge is 0.202 e. The maximum atomic E-state index is 4.46. The minimum absolute atomic E-state index is 0.803. The molecule has 67 heavy (non-hydrogen) atoms. The molecule has 0 fully saturated rings. The highest BCUT2D eigenvalue weighted by molar-refractivity contribution is 5.62. The molecule has 12 aromatic heterocycles. The molecule has 0 saturated carbocycles. The Morgan fingerprint density at radius 3 is 1.48 bits per heavy atom. The van der Waals surface area contributed by atoms with Gasteiger partial charge in [-0.1, -0.05) is 0 Å². The Labute approximate surface area is 386 Å². The highest BCUT2D eigenvalue weighted by Gasteiger charge is 2.13. The number of rotatable bonds is 0. The summed E-state index contributed by atoms with van der Waals surface area (Å²) in [7, 11) is 0. The van der Waals surface area contributed by atoms with Crippen molar-refractivity contribution in [2.75, 3.05) is 0 Å². The molecule has 0 atom stereocenters. The largest absolute Gasteiger partial charge is 0.297 e. The van der Waals surface area contributed by atoms with Crippen LogP contribution in [0.5, 0.6) is 0 Å². The first-order valence-electron chi connectivity index (χ1n) is 22.0. The number of tetrazole rings is 1. The molecule has 0 spiro atoms. The standard InChI is InChI=1S/2C9H13N3.3C7H10N4.C5H7N5/c1-5-7(3)10-12-9(5)6(2)8(4)11-12;1-5-6(2)11-12-8(4)7(3)10-9(5)12;1-4-5(2)10-11-6(3)8-9-7(4)11;1-4-5(2)9-11-7(4)8-6(3)10-11;1-4-5(2)9-11-7(4)6(3)8-10-11;1-3-4(2)7-10-5(3)6-8-9-10/h10H,1-4H3;11H,1-4H3;10H,1-3H3;9H,1-3H3;10H,1-3H3;1-2H3,(H,6,9).